The van der Waals surface area contributed by atoms with E-state index in [4.69, 9.17) is 27.8 Å². The Bertz CT molecular complexity index is 966. The predicted octanol–water partition coefficient (Wildman–Crippen LogP) is 2.91. The summed E-state index contributed by atoms with van der Waals surface area (Å²) >= 11 is 12.1. The molecule has 2 aromatic rings. The van der Waals surface area contributed by atoms with Gasteiger partial charge in [-0.1, -0.05) is 29.3 Å². The van der Waals surface area contributed by atoms with Crippen LogP contribution in [0.15, 0.2) is 24.4 Å². The van der Waals surface area contributed by atoms with E-state index in [9.17, 15) is 19.0 Å². The summed E-state index contributed by atoms with van der Waals surface area (Å²) in [5.74, 6) is -1.02. The molecule has 2 amide bonds. The van der Waals surface area contributed by atoms with Crippen molar-refractivity contribution in [3.8, 4) is 0 Å². The number of nitrogens with zero attached hydrogens (tertiary/aromatic N) is 2. The molecule has 1 unspecified atom stereocenters. The van der Waals surface area contributed by atoms with Crippen molar-refractivity contribution in [2.45, 2.75) is 18.9 Å². The van der Waals surface area contributed by atoms with Crippen LogP contribution in [0.2, 0.25) is 10.0 Å². The Balaban J connectivity index is 1.61. The van der Waals surface area contributed by atoms with E-state index in [1.165, 1.54) is 23.4 Å². The standard InChI is InChI=1S/C17H20Cl2N5O5P/c1-30(27,28)29-24-7-5-10(6-8-24)21-17(26)15-13(9-20-23-15)22-16(25)14-11(18)3-2-4-12(14)19/h2-4,9-10H,5-8H2,1H3,(H,20,23)(H,21,26)(H,22,25)(H,27,28). The molecule has 0 radical (unpaired) electrons. The average molecular weight is 476 g/mol. The Hall–Kier alpha value is -1.94. The molecule has 2 heterocycles. The van der Waals surface area contributed by atoms with Crippen LogP contribution in [0.5, 0.6) is 0 Å². The van der Waals surface area contributed by atoms with Crippen molar-refractivity contribution in [2.75, 3.05) is 25.1 Å². The van der Waals surface area contributed by atoms with E-state index in [0.717, 1.165) is 6.66 Å². The van der Waals surface area contributed by atoms with Gasteiger partial charge in [-0.25, -0.2) is 4.62 Å². The topological polar surface area (TPSA) is 137 Å². The number of nitrogens with one attached hydrogen (secondary N) is 3. The highest BCUT2D eigenvalue weighted by Gasteiger charge is 2.27. The minimum atomic E-state index is -3.61. The lowest BCUT2D eigenvalue weighted by Gasteiger charge is -2.31. The number of aromatic nitrogens is 2. The Morgan fingerprint density at radius 3 is 2.50 bits per heavy atom. The fourth-order valence-corrected chi connectivity index (χ4v) is 4.17. The van der Waals surface area contributed by atoms with Gasteiger partial charge >= 0.3 is 7.60 Å². The normalized spacial score (nSPS) is 17.3. The van der Waals surface area contributed by atoms with Crippen LogP contribution in [0.3, 0.4) is 0 Å². The fourth-order valence-electron chi connectivity index (χ4n) is 3.01. The summed E-state index contributed by atoms with van der Waals surface area (Å²) < 4.78 is 16.3. The van der Waals surface area contributed by atoms with Gasteiger partial charge in [-0.15, -0.1) is 0 Å². The molecule has 0 saturated carbocycles. The molecule has 1 atom stereocenters. The first kappa shape index (κ1) is 22.7. The van der Waals surface area contributed by atoms with Gasteiger partial charge in [0.1, 0.15) is 5.69 Å². The highest BCUT2D eigenvalue weighted by atomic mass is 35.5. The van der Waals surface area contributed by atoms with Crippen LogP contribution in [-0.2, 0) is 9.19 Å². The minimum Gasteiger partial charge on any atom is -0.348 e. The Kier molecular flexibility index (Phi) is 7.18. The zero-order valence-corrected chi connectivity index (χ0v) is 18.3. The zero-order chi connectivity index (χ0) is 21.9. The molecule has 0 bridgehead atoms. The molecular weight excluding hydrogens is 456 g/mol. The van der Waals surface area contributed by atoms with Crippen LogP contribution in [0, 0.1) is 0 Å². The van der Waals surface area contributed by atoms with E-state index in [1.807, 2.05) is 0 Å². The number of benzene rings is 1. The van der Waals surface area contributed by atoms with Gasteiger partial charge < -0.3 is 15.5 Å². The van der Waals surface area contributed by atoms with Gasteiger partial charge in [0, 0.05) is 25.8 Å². The first-order valence-corrected chi connectivity index (χ1v) is 11.8. The highest BCUT2D eigenvalue weighted by Crippen LogP contribution is 2.38. The number of aromatic amines is 1. The summed E-state index contributed by atoms with van der Waals surface area (Å²) in [6, 6.07) is 4.52. The number of amides is 2. The van der Waals surface area contributed by atoms with Crippen LogP contribution in [0.4, 0.5) is 5.69 Å². The largest absolute Gasteiger partial charge is 0.348 e. The van der Waals surface area contributed by atoms with Crippen molar-refractivity contribution in [2.24, 2.45) is 0 Å². The third-order valence-corrected chi connectivity index (χ3v) is 5.52. The van der Waals surface area contributed by atoms with E-state index in [2.05, 4.69) is 20.8 Å². The molecule has 1 aliphatic rings. The summed E-state index contributed by atoms with van der Waals surface area (Å²) in [5.41, 5.74) is 0.359. The number of anilines is 1. The third-order valence-electron chi connectivity index (χ3n) is 4.36. The molecule has 13 heteroatoms. The number of carbonyl (C=O) groups excluding carboxylic acids is 2. The van der Waals surface area contributed by atoms with Gasteiger partial charge in [0.2, 0.25) is 0 Å². The van der Waals surface area contributed by atoms with Crippen LogP contribution in [-0.4, -0.2) is 57.8 Å². The van der Waals surface area contributed by atoms with Gasteiger partial charge in [-0.2, -0.15) is 10.2 Å². The second-order valence-electron chi connectivity index (χ2n) is 6.77. The Morgan fingerprint density at radius 2 is 1.90 bits per heavy atom. The van der Waals surface area contributed by atoms with E-state index in [1.54, 1.807) is 6.07 Å². The maximum Gasteiger partial charge on any atom is 0.341 e. The van der Waals surface area contributed by atoms with Gasteiger partial charge in [-0.3, -0.25) is 19.3 Å². The molecule has 1 aromatic heterocycles. The summed E-state index contributed by atoms with van der Waals surface area (Å²) in [6.07, 6.45) is 2.36. The quantitative estimate of drug-likeness (QED) is 0.471. The maximum absolute atomic E-state index is 12.6. The SMILES string of the molecule is CP(=O)(O)ON1CCC(NC(=O)c2[nH]ncc2NC(=O)c2c(Cl)cccc2Cl)CC1. The molecule has 0 aliphatic carbocycles. The van der Waals surface area contributed by atoms with Gasteiger partial charge in [0.25, 0.3) is 11.8 Å². The van der Waals surface area contributed by atoms with E-state index in [-0.39, 0.29) is 33.0 Å². The predicted molar refractivity (Wildman–Crippen MR) is 112 cm³/mol. The summed E-state index contributed by atoms with van der Waals surface area (Å²) in [6.45, 7) is 1.90. The van der Waals surface area contributed by atoms with Gasteiger partial charge in [0.15, 0.2) is 0 Å². The molecule has 30 heavy (non-hydrogen) atoms. The lowest BCUT2D eigenvalue weighted by Crippen LogP contribution is -2.44. The fraction of sp³-hybridized carbons (Fsp3) is 0.353. The van der Waals surface area contributed by atoms with Crippen molar-refractivity contribution < 1.29 is 23.7 Å². The third kappa shape index (κ3) is 5.81. The highest BCUT2D eigenvalue weighted by molar-refractivity contribution is 7.51. The monoisotopic (exact) mass is 475 g/mol. The van der Waals surface area contributed by atoms with Crippen molar-refractivity contribution in [3.63, 3.8) is 0 Å². The number of piperidine rings is 1. The molecule has 10 nitrogen and oxygen atoms in total. The van der Waals surface area contributed by atoms with Crippen LogP contribution < -0.4 is 10.6 Å². The lowest BCUT2D eigenvalue weighted by molar-refractivity contribution is -0.0831. The summed E-state index contributed by atoms with van der Waals surface area (Å²) in [7, 11) is -3.61. The molecule has 1 aliphatic heterocycles. The molecule has 1 aromatic carbocycles. The second kappa shape index (κ2) is 9.47. The van der Waals surface area contributed by atoms with E-state index in [0.29, 0.717) is 25.9 Å². The van der Waals surface area contributed by atoms with Crippen molar-refractivity contribution in [3.05, 3.63) is 45.7 Å². The van der Waals surface area contributed by atoms with Crippen LogP contribution in [0.1, 0.15) is 33.7 Å². The minimum absolute atomic E-state index is 0.0821. The van der Waals surface area contributed by atoms with E-state index < -0.39 is 19.4 Å². The molecule has 1 fully saturated rings. The van der Waals surface area contributed by atoms with Crippen LogP contribution >= 0.6 is 30.8 Å². The number of hydroxylamine groups is 2. The number of H-pyrrole nitrogens is 1. The first-order valence-electron chi connectivity index (χ1n) is 8.98. The molecule has 162 valence electrons. The number of hydrogen-bond donors (Lipinski definition) is 4. The van der Waals surface area contributed by atoms with Gasteiger partial charge in [0.05, 0.1) is 27.5 Å². The molecular formula is C17H20Cl2N5O5P. The van der Waals surface area contributed by atoms with Gasteiger partial charge in [-0.05, 0) is 25.0 Å². The molecule has 0 spiro atoms. The maximum atomic E-state index is 12.6. The molecule has 4 N–H and O–H groups in total. The summed E-state index contributed by atoms with van der Waals surface area (Å²) in [5, 5.41) is 13.6. The Morgan fingerprint density at radius 1 is 1.27 bits per heavy atom. The summed E-state index contributed by atoms with van der Waals surface area (Å²) in [4.78, 5) is 34.5. The first-order chi connectivity index (χ1) is 14.1. The van der Waals surface area contributed by atoms with Crippen molar-refractivity contribution in [1.82, 2.24) is 20.6 Å². The van der Waals surface area contributed by atoms with Crippen LogP contribution in [0.25, 0.3) is 0 Å². The number of rotatable bonds is 6. The average Bonchev–Trinajstić information content (AvgIpc) is 3.10. The van der Waals surface area contributed by atoms with Crippen molar-refractivity contribution in [1.29, 1.82) is 0 Å². The number of hydrogen-bond acceptors (Lipinski definition) is 6. The smallest absolute Gasteiger partial charge is 0.341 e. The Labute approximate surface area is 182 Å². The molecule has 3 rings (SSSR count). The lowest BCUT2D eigenvalue weighted by atomic mass is 10.1. The second-order valence-corrected chi connectivity index (χ2v) is 9.35. The number of carbonyl (C=O) groups is 2. The molecule has 1 saturated heterocycles. The van der Waals surface area contributed by atoms with Crippen molar-refractivity contribution >= 4 is 48.3 Å². The zero-order valence-electron chi connectivity index (χ0n) is 15.9. The number of halogens is 2. The van der Waals surface area contributed by atoms with E-state index >= 15 is 0 Å².